The first-order valence-corrected chi connectivity index (χ1v) is 14.7. The molecule has 200 valence electrons. The van der Waals surface area contributed by atoms with Crippen molar-refractivity contribution in [2.75, 3.05) is 31.1 Å². The predicted molar refractivity (Wildman–Crippen MR) is 148 cm³/mol. The molecule has 1 aromatic heterocycles. The van der Waals surface area contributed by atoms with Crippen molar-refractivity contribution in [2.24, 2.45) is 5.92 Å². The lowest BCUT2D eigenvalue weighted by Gasteiger charge is -2.34. The van der Waals surface area contributed by atoms with E-state index in [0.717, 1.165) is 28.8 Å². The molecule has 1 amide bonds. The van der Waals surface area contributed by atoms with E-state index in [1.165, 1.54) is 19.3 Å². The number of hydrogen-bond acceptors (Lipinski definition) is 7. The lowest BCUT2D eigenvalue weighted by molar-refractivity contribution is -0.149. The Hall–Kier alpha value is -2.61. The van der Waals surface area contributed by atoms with Crippen molar-refractivity contribution in [3.05, 3.63) is 47.2 Å². The molecule has 2 aromatic rings. The summed E-state index contributed by atoms with van der Waals surface area (Å²) in [6, 6.07) is 10.5. The highest BCUT2D eigenvalue weighted by Crippen LogP contribution is 2.29. The largest absolute Gasteiger partial charge is 0.466 e. The van der Waals surface area contributed by atoms with E-state index in [0.29, 0.717) is 55.8 Å². The molecule has 8 heteroatoms. The Kier molecular flexibility index (Phi) is 9.46. The van der Waals surface area contributed by atoms with Gasteiger partial charge in [0, 0.05) is 48.8 Å². The molecule has 2 fully saturated rings. The summed E-state index contributed by atoms with van der Waals surface area (Å²) >= 11 is 1.62. The molecule has 2 saturated heterocycles. The zero-order valence-corrected chi connectivity index (χ0v) is 23.4. The number of anilines is 1. The second-order valence-electron chi connectivity index (χ2n) is 10.4. The zero-order valence-electron chi connectivity index (χ0n) is 22.6. The summed E-state index contributed by atoms with van der Waals surface area (Å²) in [5.74, 6) is 1.83. The number of likely N-dealkylation sites (tertiary alicyclic amines) is 1. The Morgan fingerprint density at radius 3 is 2.57 bits per heavy atom. The maximum atomic E-state index is 13.2. The molecule has 7 nitrogen and oxygen atoms in total. The maximum Gasteiger partial charge on any atom is 0.309 e. The van der Waals surface area contributed by atoms with Crippen molar-refractivity contribution in [2.45, 2.75) is 82.7 Å². The Morgan fingerprint density at radius 1 is 1.08 bits per heavy atom. The normalized spacial score (nSPS) is 18.8. The molecular formula is C29H40N4O3S. The van der Waals surface area contributed by atoms with Crippen LogP contribution in [-0.2, 0) is 15.3 Å². The van der Waals surface area contributed by atoms with Crippen LogP contribution >= 0.6 is 11.8 Å². The molecule has 0 bridgehead atoms. The van der Waals surface area contributed by atoms with Crippen LogP contribution < -0.4 is 4.90 Å². The highest BCUT2D eigenvalue weighted by molar-refractivity contribution is 7.98. The minimum atomic E-state index is -0.143. The van der Waals surface area contributed by atoms with Crippen molar-refractivity contribution < 1.29 is 14.3 Å². The molecule has 0 spiro atoms. The number of nitrogens with zero attached hydrogens (tertiary/aromatic N) is 4. The smallest absolute Gasteiger partial charge is 0.309 e. The Morgan fingerprint density at radius 2 is 1.86 bits per heavy atom. The van der Waals surface area contributed by atoms with Crippen LogP contribution in [-0.4, -0.2) is 59.0 Å². The van der Waals surface area contributed by atoms with Gasteiger partial charge in [-0.05, 0) is 69.6 Å². The number of rotatable bonds is 8. The topological polar surface area (TPSA) is 75.6 Å². The quantitative estimate of drug-likeness (QED) is 0.250. The van der Waals surface area contributed by atoms with E-state index in [1.807, 2.05) is 30.0 Å². The first-order valence-electron chi connectivity index (χ1n) is 13.7. The first-order chi connectivity index (χ1) is 17.9. The minimum absolute atomic E-state index is 0.0218. The highest BCUT2D eigenvalue weighted by atomic mass is 32.2. The first kappa shape index (κ1) is 27.4. The molecule has 1 atom stereocenters. The average Bonchev–Trinajstić information content (AvgIpc) is 2.92. The van der Waals surface area contributed by atoms with Gasteiger partial charge in [-0.3, -0.25) is 9.59 Å². The Labute approximate surface area is 225 Å². The number of aromatic nitrogens is 2. The summed E-state index contributed by atoms with van der Waals surface area (Å²) in [4.78, 5) is 39.2. The van der Waals surface area contributed by atoms with Crippen LogP contribution in [0.3, 0.4) is 0 Å². The SMILES string of the molecule is CCOC(=O)C1CCN(C(=O)c2cccc(CSc3nc(C(C)C)cc(N4CCCC[C@H]4C)n3)c2)CC1. The van der Waals surface area contributed by atoms with Gasteiger partial charge in [-0.25, -0.2) is 9.97 Å². The van der Waals surface area contributed by atoms with Gasteiger partial charge in [0.1, 0.15) is 5.82 Å². The van der Waals surface area contributed by atoms with Gasteiger partial charge in [0.2, 0.25) is 0 Å². The summed E-state index contributed by atoms with van der Waals surface area (Å²) in [5.41, 5.74) is 2.83. The molecule has 3 heterocycles. The van der Waals surface area contributed by atoms with Gasteiger partial charge in [-0.1, -0.05) is 37.7 Å². The number of amides is 1. The van der Waals surface area contributed by atoms with Crippen molar-refractivity contribution in [1.29, 1.82) is 0 Å². The zero-order chi connectivity index (χ0) is 26.4. The number of piperidine rings is 2. The fourth-order valence-corrected chi connectivity index (χ4v) is 5.88. The molecular weight excluding hydrogens is 484 g/mol. The monoisotopic (exact) mass is 524 g/mol. The van der Waals surface area contributed by atoms with Crippen molar-refractivity contribution in [1.82, 2.24) is 14.9 Å². The van der Waals surface area contributed by atoms with Crippen LogP contribution in [0.25, 0.3) is 0 Å². The van der Waals surface area contributed by atoms with Crippen molar-refractivity contribution in [3.8, 4) is 0 Å². The van der Waals surface area contributed by atoms with Gasteiger partial charge in [0.15, 0.2) is 5.16 Å². The molecule has 2 aliphatic rings. The Balaban J connectivity index is 1.41. The average molecular weight is 525 g/mol. The van der Waals surface area contributed by atoms with Crippen LogP contribution in [0.4, 0.5) is 5.82 Å². The van der Waals surface area contributed by atoms with E-state index in [9.17, 15) is 9.59 Å². The van der Waals surface area contributed by atoms with Gasteiger partial charge in [0.25, 0.3) is 5.91 Å². The van der Waals surface area contributed by atoms with Crippen LogP contribution in [0, 0.1) is 5.92 Å². The maximum absolute atomic E-state index is 13.2. The fourth-order valence-electron chi connectivity index (χ4n) is 5.08. The molecule has 0 aliphatic carbocycles. The summed E-state index contributed by atoms with van der Waals surface area (Å²) in [7, 11) is 0. The summed E-state index contributed by atoms with van der Waals surface area (Å²) in [5, 5.41) is 0.789. The van der Waals surface area contributed by atoms with Crippen molar-refractivity contribution in [3.63, 3.8) is 0 Å². The second kappa shape index (κ2) is 12.8. The van der Waals surface area contributed by atoms with E-state index in [-0.39, 0.29) is 17.8 Å². The van der Waals surface area contributed by atoms with Gasteiger partial charge in [0.05, 0.1) is 12.5 Å². The highest BCUT2D eigenvalue weighted by Gasteiger charge is 2.29. The van der Waals surface area contributed by atoms with Gasteiger partial charge in [-0.2, -0.15) is 0 Å². The number of thioether (sulfide) groups is 1. The number of hydrogen-bond donors (Lipinski definition) is 0. The summed E-state index contributed by atoms with van der Waals surface area (Å²) in [6.45, 7) is 11.0. The van der Waals surface area contributed by atoms with Gasteiger partial charge in [-0.15, -0.1) is 0 Å². The number of esters is 1. The van der Waals surface area contributed by atoms with Crippen LogP contribution in [0.15, 0.2) is 35.5 Å². The molecule has 0 saturated carbocycles. The third-order valence-corrected chi connectivity index (χ3v) is 8.26. The molecule has 37 heavy (non-hydrogen) atoms. The fraction of sp³-hybridized carbons (Fsp3) is 0.586. The lowest BCUT2D eigenvalue weighted by atomic mass is 9.96. The molecule has 2 aliphatic heterocycles. The molecule has 0 unspecified atom stereocenters. The summed E-state index contributed by atoms with van der Waals surface area (Å²) in [6.07, 6.45) is 4.99. The molecule has 4 rings (SSSR count). The van der Waals surface area contributed by atoms with Crippen LogP contribution in [0.5, 0.6) is 0 Å². The predicted octanol–water partition coefficient (Wildman–Crippen LogP) is 5.69. The lowest BCUT2D eigenvalue weighted by Crippen LogP contribution is -2.40. The number of carbonyl (C=O) groups excluding carboxylic acids is 2. The summed E-state index contributed by atoms with van der Waals surface area (Å²) < 4.78 is 5.15. The van der Waals surface area contributed by atoms with Crippen LogP contribution in [0.2, 0.25) is 0 Å². The van der Waals surface area contributed by atoms with E-state index in [2.05, 4.69) is 37.8 Å². The van der Waals surface area contributed by atoms with E-state index in [4.69, 9.17) is 14.7 Å². The molecule has 0 N–H and O–H groups in total. The molecule has 1 aromatic carbocycles. The third-order valence-electron chi connectivity index (χ3n) is 7.34. The van der Waals surface area contributed by atoms with E-state index in [1.54, 1.807) is 11.8 Å². The van der Waals surface area contributed by atoms with Gasteiger partial charge >= 0.3 is 5.97 Å². The number of ether oxygens (including phenoxy) is 1. The van der Waals surface area contributed by atoms with E-state index >= 15 is 0 Å². The molecule has 0 radical (unpaired) electrons. The standard InChI is InChI=1S/C29H40N4O3S/c1-5-36-28(35)23-12-15-32(16-13-23)27(34)24-11-8-10-22(17-24)19-37-29-30-25(20(2)3)18-26(31-29)33-14-7-6-9-21(33)4/h8,10-11,17-18,20-21,23H,5-7,9,12-16,19H2,1-4H3/t21-/m1/s1. The van der Waals surface area contributed by atoms with Gasteiger partial charge < -0.3 is 14.5 Å². The Bertz CT molecular complexity index is 1080. The third kappa shape index (κ3) is 7.03. The van der Waals surface area contributed by atoms with Crippen molar-refractivity contribution >= 4 is 29.5 Å². The minimum Gasteiger partial charge on any atom is -0.466 e. The van der Waals surface area contributed by atoms with Crippen LogP contribution in [0.1, 0.15) is 87.3 Å². The second-order valence-corrected chi connectivity index (χ2v) is 11.4. The number of benzene rings is 1. The number of carbonyl (C=O) groups is 2. The van der Waals surface area contributed by atoms with E-state index < -0.39 is 0 Å².